The number of hydrogen-bond donors (Lipinski definition) is 1. The number of fused-ring (bicyclic) bond motifs is 1. The van der Waals surface area contributed by atoms with Gasteiger partial charge in [0.1, 0.15) is 0 Å². The molecule has 2 nitrogen and oxygen atoms in total. The predicted octanol–water partition coefficient (Wildman–Crippen LogP) is 1.32. The molecule has 80 valence electrons. The molecule has 3 atom stereocenters. The second kappa shape index (κ2) is 4.03. The summed E-state index contributed by atoms with van der Waals surface area (Å²) in [6.07, 6.45) is 5.67. The first kappa shape index (κ1) is 9.49. The molecule has 0 aromatic heterocycles. The molecular formula is C11H20N2S. The molecule has 3 heterocycles. The monoisotopic (exact) mass is 212 g/mol. The largest absolute Gasteiger partial charge is 0.309 e. The highest BCUT2D eigenvalue weighted by molar-refractivity contribution is 7.99. The molecule has 3 heteroatoms. The van der Waals surface area contributed by atoms with Gasteiger partial charge in [-0.15, -0.1) is 0 Å². The van der Waals surface area contributed by atoms with E-state index in [0.717, 1.165) is 18.1 Å². The highest BCUT2D eigenvalue weighted by atomic mass is 32.2. The summed E-state index contributed by atoms with van der Waals surface area (Å²) in [5.41, 5.74) is 0. The van der Waals surface area contributed by atoms with Crippen molar-refractivity contribution in [2.45, 2.75) is 43.8 Å². The highest BCUT2D eigenvalue weighted by Crippen LogP contribution is 2.29. The van der Waals surface area contributed by atoms with Gasteiger partial charge in [-0.3, -0.25) is 4.90 Å². The van der Waals surface area contributed by atoms with Gasteiger partial charge in [0.05, 0.1) is 0 Å². The average molecular weight is 212 g/mol. The Morgan fingerprint density at radius 1 is 1.14 bits per heavy atom. The lowest BCUT2D eigenvalue weighted by atomic mass is 10.1. The van der Waals surface area contributed by atoms with Crippen LogP contribution < -0.4 is 5.32 Å². The van der Waals surface area contributed by atoms with Gasteiger partial charge >= 0.3 is 0 Å². The van der Waals surface area contributed by atoms with Gasteiger partial charge in [0.15, 0.2) is 0 Å². The summed E-state index contributed by atoms with van der Waals surface area (Å²) >= 11 is 2.11. The van der Waals surface area contributed by atoms with Gasteiger partial charge in [-0.05, 0) is 38.0 Å². The first-order chi connectivity index (χ1) is 6.93. The van der Waals surface area contributed by atoms with E-state index in [4.69, 9.17) is 0 Å². The lowest BCUT2D eigenvalue weighted by Gasteiger charge is -2.24. The minimum Gasteiger partial charge on any atom is -0.309 e. The van der Waals surface area contributed by atoms with Gasteiger partial charge in [-0.25, -0.2) is 0 Å². The standard InChI is InChI=1S/C11H20N2S/c1-2-11-10(3-6-13(11)5-1)12-9-4-7-14-8-9/h9-12H,1-8H2. The van der Waals surface area contributed by atoms with Crippen LogP contribution >= 0.6 is 11.8 Å². The summed E-state index contributed by atoms with van der Waals surface area (Å²) in [7, 11) is 0. The maximum atomic E-state index is 3.89. The van der Waals surface area contributed by atoms with Crippen LogP contribution in [0.15, 0.2) is 0 Å². The van der Waals surface area contributed by atoms with Crippen LogP contribution in [0.3, 0.4) is 0 Å². The zero-order chi connectivity index (χ0) is 9.38. The number of hydrogen-bond acceptors (Lipinski definition) is 3. The van der Waals surface area contributed by atoms with Crippen LogP contribution in [0.25, 0.3) is 0 Å². The van der Waals surface area contributed by atoms with Gasteiger partial charge in [-0.2, -0.15) is 11.8 Å². The van der Waals surface area contributed by atoms with Gasteiger partial charge in [0.25, 0.3) is 0 Å². The number of thioether (sulfide) groups is 1. The Hall–Kier alpha value is 0.270. The van der Waals surface area contributed by atoms with Crippen molar-refractivity contribution >= 4 is 11.8 Å². The van der Waals surface area contributed by atoms with Gasteiger partial charge in [0, 0.05) is 30.4 Å². The van der Waals surface area contributed by atoms with E-state index >= 15 is 0 Å². The molecule has 0 bridgehead atoms. The normalized spacial score (nSPS) is 43.3. The minimum atomic E-state index is 0.821. The minimum absolute atomic E-state index is 0.821. The Morgan fingerprint density at radius 2 is 2.14 bits per heavy atom. The van der Waals surface area contributed by atoms with Crippen LogP contribution in [0.2, 0.25) is 0 Å². The van der Waals surface area contributed by atoms with E-state index in [0.29, 0.717) is 0 Å². The molecule has 0 saturated carbocycles. The fourth-order valence-corrected chi connectivity index (χ4v) is 4.41. The van der Waals surface area contributed by atoms with Crippen molar-refractivity contribution < 1.29 is 0 Å². The lowest BCUT2D eigenvalue weighted by molar-refractivity contribution is 0.291. The van der Waals surface area contributed by atoms with Gasteiger partial charge in [-0.1, -0.05) is 0 Å². The topological polar surface area (TPSA) is 15.3 Å². The molecule has 0 aliphatic carbocycles. The van der Waals surface area contributed by atoms with Crippen molar-refractivity contribution in [2.24, 2.45) is 0 Å². The second-order valence-electron chi connectivity index (χ2n) is 4.87. The molecule has 0 aromatic rings. The summed E-state index contributed by atoms with van der Waals surface area (Å²) in [6, 6.07) is 2.53. The zero-order valence-electron chi connectivity index (χ0n) is 8.74. The lowest BCUT2D eigenvalue weighted by Crippen LogP contribution is -2.44. The van der Waals surface area contributed by atoms with E-state index in [-0.39, 0.29) is 0 Å². The Labute approximate surface area is 90.8 Å². The van der Waals surface area contributed by atoms with Crippen LogP contribution in [0.4, 0.5) is 0 Å². The van der Waals surface area contributed by atoms with Crippen molar-refractivity contribution in [2.75, 3.05) is 24.6 Å². The molecule has 3 unspecified atom stereocenters. The fourth-order valence-electron chi connectivity index (χ4n) is 3.25. The van der Waals surface area contributed by atoms with Crippen molar-refractivity contribution in [3.63, 3.8) is 0 Å². The van der Waals surface area contributed by atoms with Gasteiger partial charge in [0.2, 0.25) is 0 Å². The third kappa shape index (κ3) is 1.70. The van der Waals surface area contributed by atoms with Crippen LogP contribution in [0.1, 0.15) is 25.7 Å². The summed E-state index contributed by atoms with van der Waals surface area (Å²) in [5, 5.41) is 3.89. The van der Waals surface area contributed by atoms with E-state index in [1.807, 2.05) is 0 Å². The predicted molar refractivity (Wildman–Crippen MR) is 61.9 cm³/mol. The van der Waals surface area contributed by atoms with Crippen LogP contribution in [0, 0.1) is 0 Å². The van der Waals surface area contributed by atoms with Crippen LogP contribution in [-0.4, -0.2) is 47.6 Å². The Morgan fingerprint density at radius 3 is 3.00 bits per heavy atom. The van der Waals surface area contributed by atoms with E-state index in [1.54, 1.807) is 0 Å². The Kier molecular flexibility index (Phi) is 2.73. The first-order valence-electron chi connectivity index (χ1n) is 6.01. The summed E-state index contributed by atoms with van der Waals surface area (Å²) < 4.78 is 0. The van der Waals surface area contributed by atoms with E-state index in [9.17, 15) is 0 Å². The molecule has 14 heavy (non-hydrogen) atoms. The Balaban J connectivity index is 1.57. The number of nitrogens with one attached hydrogen (secondary N) is 1. The van der Waals surface area contributed by atoms with Crippen LogP contribution in [-0.2, 0) is 0 Å². The fraction of sp³-hybridized carbons (Fsp3) is 1.00. The van der Waals surface area contributed by atoms with Gasteiger partial charge < -0.3 is 5.32 Å². The maximum absolute atomic E-state index is 3.89. The third-order valence-electron chi connectivity index (χ3n) is 3.99. The molecule has 3 saturated heterocycles. The molecule has 3 fully saturated rings. The van der Waals surface area contributed by atoms with Crippen molar-refractivity contribution in [3.8, 4) is 0 Å². The molecule has 1 N–H and O–H groups in total. The first-order valence-corrected chi connectivity index (χ1v) is 7.17. The van der Waals surface area contributed by atoms with E-state index < -0.39 is 0 Å². The highest BCUT2D eigenvalue weighted by Gasteiger charge is 2.37. The Bertz CT molecular complexity index is 203. The molecule has 3 aliphatic rings. The molecule has 0 radical (unpaired) electrons. The smallest absolute Gasteiger partial charge is 0.0250 e. The van der Waals surface area contributed by atoms with E-state index in [2.05, 4.69) is 22.0 Å². The summed E-state index contributed by atoms with van der Waals surface area (Å²) in [6.45, 7) is 2.71. The molecule has 0 amide bonds. The quantitative estimate of drug-likeness (QED) is 0.743. The SMILES string of the molecule is C1CC2C(NC3CCSC3)CCN2C1. The zero-order valence-corrected chi connectivity index (χ0v) is 9.56. The third-order valence-corrected chi connectivity index (χ3v) is 5.15. The molecule has 3 aliphatic heterocycles. The molecular weight excluding hydrogens is 192 g/mol. The summed E-state index contributed by atoms with van der Waals surface area (Å²) in [4.78, 5) is 2.69. The number of rotatable bonds is 2. The van der Waals surface area contributed by atoms with Crippen molar-refractivity contribution in [1.82, 2.24) is 10.2 Å². The van der Waals surface area contributed by atoms with Crippen molar-refractivity contribution in [1.29, 1.82) is 0 Å². The number of nitrogens with zero attached hydrogens (tertiary/aromatic N) is 1. The second-order valence-corrected chi connectivity index (χ2v) is 6.02. The molecule has 3 rings (SSSR count). The molecule has 0 aromatic carbocycles. The summed E-state index contributed by atoms with van der Waals surface area (Å²) in [5.74, 6) is 2.72. The molecule has 0 spiro atoms. The maximum Gasteiger partial charge on any atom is 0.0250 e. The van der Waals surface area contributed by atoms with Crippen LogP contribution in [0.5, 0.6) is 0 Å². The average Bonchev–Trinajstić information content (AvgIpc) is 2.85. The van der Waals surface area contributed by atoms with E-state index in [1.165, 1.54) is 50.3 Å². The van der Waals surface area contributed by atoms with Crippen molar-refractivity contribution in [3.05, 3.63) is 0 Å².